The Morgan fingerprint density at radius 1 is 1.23 bits per heavy atom. The molecular weight excluding hydrogens is 373 g/mol. The summed E-state index contributed by atoms with van der Waals surface area (Å²) in [5.74, 6) is -0.485. The van der Waals surface area contributed by atoms with Crippen LogP contribution >= 0.6 is 15.9 Å². The summed E-state index contributed by atoms with van der Waals surface area (Å²) in [7, 11) is -2.51. The summed E-state index contributed by atoms with van der Waals surface area (Å²) in [5, 5.41) is 0. The first-order valence-electron chi connectivity index (χ1n) is 6.58. The van der Waals surface area contributed by atoms with E-state index in [1.165, 1.54) is 23.5 Å². The van der Waals surface area contributed by atoms with Crippen molar-refractivity contribution in [1.82, 2.24) is 0 Å². The number of rotatable bonds is 3. The lowest BCUT2D eigenvalue weighted by Crippen LogP contribution is -2.29. The molecule has 22 heavy (non-hydrogen) atoms. The number of hydrogen-bond donors (Lipinski definition) is 0. The SMILES string of the molecule is COc1ccc(F)cc1S(=O)(=O)N1CCc2cc(Br)ccc21. The lowest BCUT2D eigenvalue weighted by molar-refractivity contribution is 0.401. The molecule has 2 aromatic carbocycles. The third-order valence-corrected chi connectivity index (χ3v) is 5.92. The highest BCUT2D eigenvalue weighted by Crippen LogP contribution is 2.37. The van der Waals surface area contributed by atoms with Crippen LogP contribution in [0.1, 0.15) is 5.56 Å². The van der Waals surface area contributed by atoms with Gasteiger partial charge in [-0.3, -0.25) is 4.31 Å². The number of ether oxygens (including phenoxy) is 1. The number of benzene rings is 2. The number of methoxy groups -OCH3 is 1. The fourth-order valence-electron chi connectivity index (χ4n) is 2.56. The molecule has 0 N–H and O–H groups in total. The van der Waals surface area contributed by atoms with Crippen LogP contribution in [-0.4, -0.2) is 22.1 Å². The summed E-state index contributed by atoms with van der Waals surface area (Å²) < 4.78 is 46.5. The van der Waals surface area contributed by atoms with Crippen LogP contribution in [0.4, 0.5) is 10.1 Å². The van der Waals surface area contributed by atoms with Crippen LogP contribution in [0.3, 0.4) is 0 Å². The molecule has 0 saturated carbocycles. The van der Waals surface area contributed by atoms with Gasteiger partial charge >= 0.3 is 0 Å². The molecule has 4 nitrogen and oxygen atoms in total. The molecular formula is C15H13BrFNO3S. The largest absolute Gasteiger partial charge is 0.495 e. The van der Waals surface area contributed by atoms with E-state index in [-0.39, 0.29) is 10.6 Å². The van der Waals surface area contributed by atoms with E-state index in [4.69, 9.17) is 4.74 Å². The van der Waals surface area contributed by atoms with Gasteiger partial charge in [0.1, 0.15) is 16.5 Å². The van der Waals surface area contributed by atoms with Crippen molar-refractivity contribution in [3.05, 3.63) is 52.3 Å². The Labute approximate surface area is 136 Å². The van der Waals surface area contributed by atoms with E-state index < -0.39 is 15.8 Å². The van der Waals surface area contributed by atoms with Crippen LogP contribution in [-0.2, 0) is 16.4 Å². The molecule has 0 radical (unpaired) electrons. The molecule has 0 bridgehead atoms. The van der Waals surface area contributed by atoms with Crippen LogP contribution in [0.2, 0.25) is 0 Å². The molecule has 7 heteroatoms. The Morgan fingerprint density at radius 2 is 2.00 bits per heavy atom. The van der Waals surface area contributed by atoms with E-state index >= 15 is 0 Å². The first kappa shape index (κ1) is 15.3. The summed E-state index contributed by atoms with van der Waals surface area (Å²) >= 11 is 3.37. The number of anilines is 1. The van der Waals surface area contributed by atoms with E-state index in [1.807, 2.05) is 6.07 Å². The minimum atomic E-state index is -3.88. The summed E-state index contributed by atoms with van der Waals surface area (Å²) in [6.45, 7) is 0.327. The monoisotopic (exact) mass is 385 g/mol. The highest BCUT2D eigenvalue weighted by atomic mass is 79.9. The van der Waals surface area contributed by atoms with Gasteiger partial charge in [-0.05, 0) is 48.4 Å². The van der Waals surface area contributed by atoms with Crippen molar-refractivity contribution in [2.45, 2.75) is 11.3 Å². The van der Waals surface area contributed by atoms with Gasteiger partial charge in [0.2, 0.25) is 0 Å². The fraction of sp³-hybridized carbons (Fsp3) is 0.200. The van der Waals surface area contributed by atoms with Crippen LogP contribution in [0.25, 0.3) is 0 Å². The summed E-state index contributed by atoms with van der Waals surface area (Å²) in [6.07, 6.45) is 0.617. The van der Waals surface area contributed by atoms with E-state index in [1.54, 1.807) is 12.1 Å². The van der Waals surface area contributed by atoms with E-state index in [9.17, 15) is 12.8 Å². The minimum absolute atomic E-state index is 0.131. The molecule has 0 fully saturated rings. The van der Waals surface area contributed by atoms with Gasteiger partial charge in [0.15, 0.2) is 0 Å². The number of fused-ring (bicyclic) bond motifs is 1. The van der Waals surface area contributed by atoms with Crippen LogP contribution in [0.5, 0.6) is 5.75 Å². The molecule has 1 aliphatic rings. The van der Waals surface area contributed by atoms with Gasteiger partial charge in [-0.15, -0.1) is 0 Å². The topological polar surface area (TPSA) is 46.6 Å². The first-order chi connectivity index (χ1) is 10.4. The van der Waals surface area contributed by atoms with Crippen molar-refractivity contribution < 1.29 is 17.5 Å². The molecule has 0 unspecified atom stereocenters. The predicted octanol–water partition coefficient (Wildman–Crippen LogP) is 3.35. The maximum atomic E-state index is 13.5. The van der Waals surface area contributed by atoms with Crippen molar-refractivity contribution in [3.8, 4) is 5.75 Å². The van der Waals surface area contributed by atoms with Gasteiger partial charge < -0.3 is 4.74 Å². The van der Waals surface area contributed by atoms with Crippen molar-refractivity contribution in [2.24, 2.45) is 0 Å². The summed E-state index contributed by atoms with van der Waals surface area (Å²) in [4.78, 5) is -0.161. The third-order valence-electron chi connectivity index (χ3n) is 3.59. The van der Waals surface area contributed by atoms with Crippen LogP contribution < -0.4 is 9.04 Å². The minimum Gasteiger partial charge on any atom is -0.495 e. The lowest BCUT2D eigenvalue weighted by Gasteiger charge is -2.21. The Bertz CT molecular complexity index is 839. The zero-order valence-corrected chi connectivity index (χ0v) is 14.1. The maximum absolute atomic E-state index is 13.5. The maximum Gasteiger partial charge on any atom is 0.268 e. The molecule has 116 valence electrons. The smallest absolute Gasteiger partial charge is 0.268 e. The van der Waals surface area contributed by atoms with Gasteiger partial charge in [-0.2, -0.15) is 0 Å². The number of nitrogens with zero attached hydrogens (tertiary/aromatic N) is 1. The fourth-order valence-corrected chi connectivity index (χ4v) is 4.64. The Balaban J connectivity index is 2.12. The quantitative estimate of drug-likeness (QED) is 0.813. The van der Waals surface area contributed by atoms with Crippen molar-refractivity contribution in [3.63, 3.8) is 0 Å². The Hall–Kier alpha value is -1.60. The second-order valence-electron chi connectivity index (χ2n) is 4.90. The summed E-state index contributed by atoms with van der Waals surface area (Å²) in [5.41, 5.74) is 1.56. The zero-order chi connectivity index (χ0) is 15.9. The van der Waals surface area contributed by atoms with Gasteiger partial charge in [0, 0.05) is 11.0 Å². The first-order valence-corrected chi connectivity index (χ1v) is 8.81. The molecule has 0 aliphatic carbocycles. The Morgan fingerprint density at radius 3 is 2.73 bits per heavy atom. The molecule has 2 aromatic rings. The number of hydrogen-bond acceptors (Lipinski definition) is 3. The van der Waals surface area contributed by atoms with Gasteiger partial charge in [-0.25, -0.2) is 12.8 Å². The average Bonchev–Trinajstić information content (AvgIpc) is 2.90. The molecule has 0 saturated heterocycles. The second kappa shape index (κ2) is 5.55. The van der Waals surface area contributed by atoms with E-state index in [2.05, 4.69) is 15.9 Å². The van der Waals surface area contributed by atoms with Gasteiger partial charge in [-0.1, -0.05) is 15.9 Å². The predicted molar refractivity (Wildman–Crippen MR) is 85.3 cm³/mol. The molecule has 0 amide bonds. The third kappa shape index (κ3) is 2.48. The molecule has 3 rings (SSSR count). The average molecular weight is 386 g/mol. The van der Waals surface area contributed by atoms with Gasteiger partial charge in [0.05, 0.1) is 12.8 Å². The highest BCUT2D eigenvalue weighted by Gasteiger charge is 2.33. The molecule has 0 spiro atoms. The molecule has 1 aliphatic heterocycles. The van der Waals surface area contributed by atoms with Crippen molar-refractivity contribution in [2.75, 3.05) is 18.0 Å². The van der Waals surface area contributed by atoms with E-state index in [0.717, 1.165) is 16.1 Å². The Kier molecular flexibility index (Phi) is 3.86. The number of sulfonamides is 1. The molecule has 1 heterocycles. The molecule has 0 aromatic heterocycles. The molecule has 0 atom stereocenters. The van der Waals surface area contributed by atoms with Crippen LogP contribution in [0.15, 0.2) is 45.8 Å². The second-order valence-corrected chi connectivity index (χ2v) is 7.64. The van der Waals surface area contributed by atoms with Crippen molar-refractivity contribution in [1.29, 1.82) is 0 Å². The standard InChI is InChI=1S/C15H13BrFNO3S/c1-21-14-5-3-12(17)9-15(14)22(19,20)18-7-6-10-8-11(16)2-4-13(10)18/h2-5,8-9H,6-7H2,1H3. The number of halogens is 2. The normalized spacial score (nSPS) is 14.0. The summed E-state index contributed by atoms with van der Waals surface area (Å²) in [6, 6.07) is 8.91. The highest BCUT2D eigenvalue weighted by molar-refractivity contribution is 9.10. The lowest BCUT2D eigenvalue weighted by atomic mass is 10.2. The van der Waals surface area contributed by atoms with Crippen molar-refractivity contribution >= 4 is 31.6 Å². The van der Waals surface area contributed by atoms with Gasteiger partial charge in [0.25, 0.3) is 10.0 Å². The van der Waals surface area contributed by atoms with Crippen LogP contribution in [0, 0.1) is 5.82 Å². The zero-order valence-electron chi connectivity index (χ0n) is 11.7. The van der Waals surface area contributed by atoms with E-state index in [0.29, 0.717) is 18.7 Å².